The van der Waals surface area contributed by atoms with Crippen LogP contribution < -0.4 is 15.4 Å². The summed E-state index contributed by atoms with van der Waals surface area (Å²) in [5.41, 5.74) is 1.24. The van der Waals surface area contributed by atoms with Crippen molar-refractivity contribution in [2.24, 2.45) is 28.7 Å². The van der Waals surface area contributed by atoms with Gasteiger partial charge in [0.2, 0.25) is 11.8 Å². The standard InChI is InChI=1S/C25H32N4O3.HI/c1-3-26-24(28-15-25(10-11-25)18-6-4-5-7-19(18)32-2)27-12-13-29-22(30)20-16-8-9-17(14-16)21(20)23(29)31;/h4-9,16-17,20-21H,3,10-15H2,1-2H3,(H2,26,27,28);1H. The van der Waals surface area contributed by atoms with E-state index >= 15 is 0 Å². The van der Waals surface area contributed by atoms with Crippen molar-refractivity contribution >= 4 is 41.8 Å². The van der Waals surface area contributed by atoms with Crippen LogP contribution in [0.5, 0.6) is 5.75 Å². The molecule has 0 spiro atoms. The lowest BCUT2D eigenvalue weighted by atomic mass is 9.85. The van der Waals surface area contributed by atoms with Gasteiger partial charge in [0.1, 0.15) is 5.75 Å². The number of halogens is 1. The predicted molar refractivity (Wildman–Crippen MR) is 138 cm³/mol. The third kappa shape index (κ3) is 4.26. The smallest absolute Gasteiger partial charge is 0.233 e. The maximum absolute atomic E-state index is 12.9. The Morgan fingerprint density at radius 1 is 1.12 bits per heavy atom. The second kappa shape index (κ2) is 9.64. The minimum absolute atomic E-state index is 0. The van der Waals surface area contributed by atoms with Crippen molar-refractivity contribution in [1.29, 1.82) is 0 Å². The van der Waals surface area contributed by atoms with Crippen LogP contribution >= 0.6 is 24.0 Å². The van der Waals surface area contributed by atoms with Crippen LogP contribution in [0.4, 0.5) is 0 Å². The first kappa shape index (κ1) is 24.0. The number of ether oxygens (including phenoxy) is 1. The Balaban J connectivity index is 0.00000259. The molecule has 3 aliphatic carbocycles. The monoisotopic (exact) mass is 564 g/mol. The van der Waals surface area contributed by atoms with Gasteiger partial charge in [0, 0.05) is 30.6 Å². The summed E-state index contributed by atoms with van der Waals surface area (Å²) in [5, 5.41) is 6.60. The van der Waals surface area contributed by atoms with Crippen molar-refractivity contribution in [1.82, 2.24) is 15.5 Å². The van der Waals surface area contributed by atoms with E-state index in [1.54, 1.807) is 7.11 Å². The van der Waals surface area contributed by atoms with Crippen LogP contribution in [-0.2, 0) is 15.0 Å². The van der Waals surface area contributed by atoms with Crippen molar-refractivity contribution in [3.05, 3.63) is 42.0 Å². The number of nitrogens with zero attached hydrogens (tertiary/aromatic N) is 2. The van der Waals surface area contributed by atoms with Gasteiger partial charge in [-0.25, -0.2) is 0 Å². The lowest BCUT2D eigenvalue weighted by molar-refractivity contribution is -0.140. The Hall–Kier alpha value is -2.10. The zero-order valence-corrected chi connectivity index (χ0v) is 21.6. The number of guanidine groups is 1. The Bertz CT molecular complexity index is 944. The SMILES string of the molecule is CCNC(=NCC1(c2ccccc2OC)CC1)NCCN1C(=O)C2C3C=CC(C3)C2C1=O.I. The molecular weight excluding hydrogens is 531 g/mol. The highest BCUT2D eigenvalue weighted by Gasteiger charge is 2.59. The number of rotatable bonds is 8. The highest BCUT2D eigenvalue weighted by molar-refractivity contribution is 14.0. The first-order valence-corrected chi connectivity index (χ1v) is 11.8. The van der Waals surface area contributed by atoms with Gasteiger partial charge in [0.05, 0.1) is 25.5 Å². The molecule has 2 amide bonds. The fourth-order valence-electron chi connectivity index (χ4n) is 5.79. The number of aliphatic imine (C=N–C) groups is 1. The first-order valence-electron chi connectivity index (χ1n) is 11.8. The molecule has 5 rings (SSSR count). The maximum atomic E-state index is 12.9. The van der Waals surface area contributed by atoms with E-state index in [4.69, 9.17) is 9.73 Å². The molecule has 4 aliphatic rings. The van der Waals surface area contributed by atoms with Gasteiger partial charge in [-0.3, -0.25) is 19.5 Å². The number of allylic oxidation sites excluding steroid dienone is 2. The minimum Gasteiger partial charge on any atom is -0.496 e. The zero-order valence-electron chi connectivity index (χ0n) is 19.3. The zero-order chi connectivity index (χ0) is 22.3. The van der Waals surface area contributed by atoms with Crippen molar-refractivity contribution in [3.8, 4) is 5.75 Å². The number of para-hydroxylation sites is 1. The summed E-state index contributed by atoms with van der Waals surface area (Å²) in [7, 11) is 1.71. The summed E-state index contributed by atoms with van der Waals surface area (Å²) >= 11 is 0. The molecule has 4 atom stereocenters. The molecule has 1 aromatic carbocycles. The molecule has 3 fully saturated rings. The van der Waals surface area contributed by atoms with Gasteiger partial charge in [0.15, 0.2) is 5.96 Å². The summed E-state index contributed by atoms with van der Waals surface area (Å²) in [5.74, 6) is 1.89. The average molecular weight is 564 g/mol. The summed E-state index contributed by atoms with van der Waals surface area (Å²) in [6.07, 6.45) is 7.40. The number of imide groups is 1. The van der Waals surface area contributed by atoms with E-state index in [0.29, 0.717) is 19.6 Å². The van der Waals surface area contributed by atoms with E-state index in [1.165, 1.54) is 10.5 Å². The van der Waals surface area contributed by atoms with Crippen LogP contribution in [0.15, 0.2) is 41.4 Å². The van der Waals surface area contributed by atoms with Crippen LogP contribution in [0.2, 0.25) is 0 Å². The van der Waals surface area contributed by atoms with Gasteiger partial charge in [-0.1, -0.05) is 30.4 Å². The molecule has 2 saturated carbocycles. The summed E-state index contributed by atoms with van der Waals surface area (Å²) in [6, 6.07) is 8.17. The highest BCUT2D eigenvalue weighted by Crippen LogP contribution is 2.53. The number of fused-ring (bicyclic) bond motifs is 5. The van der Waals surface area contributed by atoms with Crippen molar-refractivity contribution < 1.29 is 14.3 Å². The quantitative estimate of drug-likeness (QED) is 0.167. The highest BCUT2D eigenvalue weighted by atomic mass is 127. The topological polar surface area (TPSA) is 83.0 Å². The molecule has 2 bridgehead atoms. The third-order valence-electron chi connectivity index (χ3n) is 7.61. The number of amides is 2. The molecule has 1 saturated heterocycles. The number of likely N-dealkylation sites (tertiary alicyclic amines) is 1. The van der Waals surface area contributed by atoms with Gasteiger partial charge in [-0.05, 0) is 44.1 Å². The molecule has 0 radical (unpaired) electrons. The van der Waals surface area contributed by atoms with E-state index in [1.807, 2.05) is 25.1 Å². The number of nitrogens with one attached hydrogen (secondary N) is 2. The predicted octanol–water partition coefficient (Wildman–Crippen LogP) is 2.71. The average Bonchev–Trinajstić information content (AvgIpc) is 3.18. The van der Waals surface area contributed by atoms with E-state index in [2.05, 4.69) is 28.9 Å². The fraction of sp³-hybridized carbons (Fsp3) is 0.560. The molecule has 8 heteroatoms. The van der Waals surface area contributed by atoms with Crippen LogP contribution in [0.1, 0.15) is 31.7 Å². The number of carbonyl (C=O) groups excluding carboxylic acids is 2. The second-order valence-corrected chi connectivity index (χ2v) is 9.43. The van der Waals surface area contributed by atoms with E-state index < -0.39 is 0 Å². The Morgan fingerprint density at radius 3 is 2.39 bits per heavy atom. The molecule has 7 nitrogen and oxygen atoms in total. The van der Waals surface area contributed by atoms with Gasteiger partial charge < -0.3 is 15.4 Å². The van der Waals surface area contributed by atoms with Crippen LogP contribution in [0.25, 0.3) is 0 Å². The third-order valence-corrected chi connectivity index (χ3v) is 7.61. The largest absolute Gasteiger partial charge is 0.496 e. The molecule has 33 heavy (non-hydrogen) atoms. The summed E-state index contributed by atoms with van der Waals surface area (Å²) in [4.78, 5) is 32.0. The van der Waals surface area contributed by atoms with Crippen LogP contribution in [0, 0.1) is 23.7 Å². The molecular formula is C25H33IN4O3. The normalized spacial score (nSPS) is 28.5. The summed E-state index contributed by atoms with van der Waals surface area (Å²) in [6.45, 7) is 4.32. The van der Waals surface area contributed by atoms with Gasteiger partial charge in [-0.15, -0.1) is 24.0 Å². The molecule has 4 unspecified atom stereocenters. The number of hydrogen-bond donors (Lipinski definition) is 2. The lowest BCUT2D eigenvalue weighted by Crippen LogP contribution is -2.44. The molecule has 178 valence electrons. The van der Waals surface area contributed by atoms with Gasteiger partial charge in [-0.2, -0.15) is 0 Å². The molecule has 2 N–H and O–H groups in total. The minimum atomic E-state index is -0.130. The Kier molecular flexibility index (Phi) is 7.02. The van der Waals surface area contributed by atoms with Crippen LogP contribution in [-0.4, -0.2) is 56.0 Å². The lowest BCUT2D eigenvalue weighted by Gasteiger charge is -2.20. The molecule has 1 aromatic rings. The molecule has 1 heterocycles. The number of benzene rings is 1. The van der Waals surface area contributed by atoms with Crippen molar-refractivity contribution in [2.45, 2.75) is 31.6 Å². The van der Waals surface area contributed by atoms with E-state index in [-0.39, 0.29) is 64.9 Å². The Labute approximate surface area is 212 Å². The number of carbonyl (C=O) groups is 2. The molecule has 0 aromatic heterocycles. The van der Waals surface area contributed by atoms with Crippen molar-refractivity contribution in [2.75, 3.05) is 33.3 Å². The number of hydrogen-bond acceptors (Lipinski definition) is 4. The summed E-state index contributed by atoms with van der Waals surface area (Å²) < 4.78 is 5.57. The van der Waals surface area contributed by atoms with Gasteiger partial charge >= 0.3 is 0 Å². The molecule has 1 aliphatic heterocycles. The maximum Gasteiger partial charge on any atom is 0.233 e. The van der Waals surface area contributed by atoms with Crippen molar-refractivity contribution in [3.63, 3.8) is 0 Å². The fourth-order valence-corrected chi connectivity index (χ4v) is 5.79. The van der Waals surface area contributed by atoms with E-state index in [0.717, 1.165) is 37.5 Å². The second-order valence-electron chi connectivity index (χ2n) is 9.43. The van der Waals surface area contributed by atoms with E-state index in [9.17, 15) is 9.59 Å². The first-order chi connectivity index (χ1) is 15.6. The Morgan fingerprint density at radius 2 is 1.79 bits per heavy atom. The van der Waals surface area contributed by atoms with Gasteiger partial charge in [0.25, 0.3) is 0 Å². The van der Waals surface area contributed by atoms with Crippen LogP contribution in [0.3, 0.4) is 0 Å². The number of methoxy groups -OCH3 is 1.